The van der Waals surface area contributed by atoms with Crippen LogP contribution >= 0.6 is 0 Å². The van der Waals surface area contributed by atoms with Crippen molar-refractivity contribution in [1.29, 1.82) is 0 Å². The van der Waals surface area contributed by atoms with Gasteiger partial charge in [-0.05, 0) is 0 Å². The third-order valence-corrected chi connectivity index (χ3v) is 6.51. The Morgan fingerprint density at radius 1 is 0.571 bits per heavy atom. The highest BCUT2D eigenvalue weighted by atomic mass is 16.7. The summed E-state index contributed by atoms with van der Waals surface area (Å²) >= 11 is 0. The van der Waals surface area contributed by atoms with Crippen molar-refractivity contribution in [3.05, 3.63) is 0 Å². The summed E-state index contributed by atoms with van der Waals surface area (Å²) in [5.74, 6) is 0. The van der Waals surface area contributed by atoms with E-state index in [0.29, 0.717) is 0 Å². The summed E-state index contributed by atoms with van der Waals surface area (Å²) in [6.45, 7) is -3.45. The first kappa shape index (κ1) is 28.9. The van der Waals surface area contributed by atoms with Crippen LogP contribution < -0.4 is 0 Å². The van der Waals surface area contributed by atoms with E-state index in [4.69, 9.17) is 23.7 Å². The number of hydrogen-bond donors (Lipinski definition) is 11. The molecule has 3 fully saturated rings. The van der Waals surface area contributed by atoms with Crippen LogP contribution in [-0.4, -0.2) is 175 Å². The molecular formula is C19H34O16. The summed E-state index contributed by atoms with van der Waals surface area (Å²) < 4.78 is 26.7. The second kappa shape index (κ2) is 11.8. The summed E-state index contributed by atoms with van der Waals surface area (Å²) in [6, 6.07) is 0. The Morgan fingerprint density at radius 3 is 1.60 bits per heavy atom. The quantitative estimate of drug-likeness (QED) is 0.135. The highest BCUT2D eigenvalue weighted by Gasteiger charge is 2.55. The molecule has 0 aromatic heterocycles. The van der Waals surface area contributed by atoms with Gasteiger partial charge in [0.25, 0.3) is 0 Å². The maximum absolute atomic E-state index is 10.3. The first-order valence-electron chi connectivity index (χ1n) is 11.0. The maximum Gasteiger partial charge on any atom is 0.186 e. The first-order valence-corrected chi connectivity index (χ1v) is 11.0. The van der Waals surface area contributed by atoms with Gasteiger partial charge in [-0.1, -0.05) is 0 Å². The largest absolute Gasteiger partial charge is 0.394 e. The summed E-state index contributed by atoms with van der Waals surface area (Å²) in [5, 5.41) is 109. The third kappa shape index (κ3) is 5.63. The summed E-state index contributed by atoms with van der Waals surface area (Å²) in [7, 11) is 0. The van der Waals surface area contributed by atoms with E-state index in [1.165, 1.54) is 0 Å². The van der Waals surface area contributed by atoms with Gasteiger partial charge in [-0.3, -0.25) is 0 Å². The molecule has 14 atom stereocenters. The van der Waals surface area contributed by atoms with E-state index in [2.05, 4.69) is 0 Å². The van der Waals surface area contributed by atoms with Crippen LogP contribution in [0.1, 0.15) is 0 Å². The predicted molar refractivity (Wildman–Crippen MR) is 106 cm³/mol. The molecular weight excluding hydrogens is 484 g/mol. The highest BCUT2D eigenvalue weighted by molar-refractivity contribution is 5.02. The monoisotopic (exact) mass is 518 g/mol. The maximum atomic E-state index is 10.3. The van der Waals surface area contributed by atoms with Gasteiger partial charge in [-0.25, -0.2) is 0 Å². The van der Waals surface area contributed by atoms with Crippen LogP contribution in [0.3, 0.4) is 0 Å². The van der Waals surface area contributed by atoms with Gasteiger partial charge in [0.2, 0.25) is 0 Å². The minimum atomic E-state index is -1.89. The lowest BCUT2D eigenvalue weighted by molar-refractivity contribution is -0.336. The molecule has 35 heavy (non-hydrogen) atoms. The molecule has 0 spiro atoms. The Labute approximate surface area is 199 Å². The fourth-order valence-electron chi connectivity index (χ4n) is 4.21. The number of aliphatic hydroxyl groups excluding tert-OH is 11. The van der Waals surface area contributed by atoms with Crippen LogP contribution in [0.5, 0.6) is 0 Å². The van der Waals surface area contributed by atoms with Crippen LogP contribution in [0.2, 0.25) is 0 Å². The molecule has 0 bridgehead atoms. The van der Waals surface area contributed by atoms with Crippen molar-refractivity contribution in [3.63, 3.8) is 0 Å². The Bertz CT molecular complexity index is 669. The zero-order chi connectivity index (χ0) is 26.1. The number of rotatable bonds is 9. The van der Waals surface area contributed by atoms with E-state index in [1.807, 2.05) is 0 Å². The summed E-state index contributed by atoms with van der Waals surface area (Å²) in [6.07, 6.45) is -20.7. The molecule has 3 heterocycles. The zero-order valence-electron chi connectivity index (χ0n) is 18.5. The molecule has 3 aliphatic heterocycles. The van der Waals surface area contributed by atoms with Crippen molar-refractivity contribution in [2.75, 3.05) is 33.0 Å². The lowest BCUT2D eigenvalue weighted by Crippen LogP contribution is -2.62. The van der Waals surface area contributed by atoms with Crippen LogP contribution in [0.15, 0.2) is 0 Å². The van der Waals surface area contributed by atoms with Crippen molar-refractivity contribution in [2.45, 2.75) is 85.3 Å². The molecule has 0 radical (unpaired) electrons. The number of hydrogen-bond acceptors (Lipinski definition) is 16. The Morgan fingerprint density at radius 2 is 1.09 bits per heavy atom. The second-order valence-electron chi connectivity index (χ2n) is 8.85. The lowest BCUT2D eigenvalue weighted by atomic mass is 9.95. The average Bonchev–Trinajstić information content (AvgIpc) is 3.11. The second-order valence-corrected chi connectivity index (χ2v) is 8.85. The molecule has 16 nitrogen and oxygen atoms in total. The minimum Gasteiger partial charge on any atom is -0.394 e. The van der Waals surface area contributed by atoms with Gasteiger partial charge >= 0.3 is 0 Å². The molecule has 0 saturated carbocycles. The molecule has 11 N–H and O–H groups in total. The Kier molecular flexibility index (Phi) is 9.77. The van der Waals surface area contributed by atoms with E-state index in [0.717, 1.165) is 0 Å². The zero-order valence-corrected chi connectivity index (χ0v) is 18.5. The fourth-order valence-corrected chi connectivity index (χ4v) is 4.21. The smallest absolute Gasteiger partial charge is 0.186 e. The highest BCUT2D eigenvalue weighted by Crippen LogP contribution is 2.33. The molecule has 3 saturated heterocycles. The predicted octanol–water partition coefficient (Wildman–Crippen LogP) is -7.53. The third-order valence-electron chi connectivity index (χ3n) is 6.51. The molecule has 0 aliphatic carbocycles. The standard InChI is InChI=1S/C19H34O16/c20-1-6-9(23)12(26)14(28)17(33-6)31-3-8-10(24)13(27)15(29)18(34-8)32-5-19(4-22)16(30)11(25)7(2-21)35-19/h6-18,20-30H,1-5H2/t6-,7-,8-,9+,10-,11-,12+,13+,14-,15-,16+,17+,18+,19+/m1/s1. The van der Waals surface area contributed by atoms with Crippen LogP contribution in [0.4, 0.5) is 0 Å². The van der Waals surface area contributed by atoms with Gasteiger partial charge in [0.1, 0.15) is 72.7 Å². The molecule has 206 valence electrons. The molecule has 3 aliphatic rings. The van der Waals surface area contributed by atoms with Crippen molar-refractivity contribution >= 4 is 0 Å². The van der Waals surface area contributed by atoms with Gasteiger partial charge < -0.3 is 79.9 Å². The van der Waals surface area contributed by atoms with Crippen LogP contribution in [0, 0.1) is 0 Å². The minimum absolute atomic E-state index is 0.580. The number of aliphatic hydroxyl groups is 11. The van der Waals surface area contributed by atoms with E-state index >= 15 is 0 Å². The van der Waals surface area contributed by atoms with Gasteiger partial charge in [0.05, 0.1) is 33.0 Å². The van der Waals surface area contributed by atoms with E-state index in [-0.39, 0.29) is 0 Å². The fraction of sp³-hybridized carbons (Fsp3) is 1.00. The van der Waals surface area contributed by atoms with Gasteiger partial charge in [-0.15, -0.1) is 0 Å². The van der Waals surface area contributed by atoms with E-state index < -0.39 is 118 Å². The molecule has 0 aromatic rings. The van der Waals surface area contributed by atoms with Crippen molar-refractivity contribution in [3.8, 4) is 0 Å². The molecule has 16 heteroatoms. The van der Waals surface area contributed by atoms with E-state index in [1.54, 1.807) is 0 Å². The SMILES string of the molecule is OC[C@H]1O[C@H](OC[C@H]2O[C@H](OC[C@]3(CO)O[C@H](CO)[C@@H](O)[C@@H]3O)[C@H](O)[C@@H](O)[C@@H]2O)[C@H](O)[C@@H](O)[C@H]1O. The van der Waals surface area contributed by atoms with E-state index in [9.17, 15) is 56.2 Å². The summed E-state index contributed by atoms with van der Waals surface area (Å²) in [5.41, 5.74) is -1.89. The van der Waals surface area contributed by atoms with Gasteiger partial charge in [0.15, 0.2) is 12.6 Å². The van der Waals surface area contributed by atoms with Crippen molar-refractivity contribution < 1.29 is 79.9 Å². The lowest BCUT2D eigenvalue weighted by Gasteiger charge is -2.43. The molecule has 0 amide bonds. The molecule has 3 rings (SSSR count). The number of ether oxygens (including phenoxy) is 5. The van der Waals surface area contributed by atoms with Crippen molar-refractivity contribution in [2.24, 2.45) is 0 Å². The first-order chi connectivity index (χ1) is 16.5. The Hall–Kier alpha value is -0.640. The van der Waals surface area contributed by atoms with Crippen LogP contribution in [0.25, 0.3) is 0 Å². The van der Waals surface area contributed by atoms with Gasteiger partial charge in [0, 0.05) is 0 Å². The van der Waals surface area contributed by atoms with Crippen LogP contribution in [-0.2, 0) is 23.7 Å². The molecule has 0 aromatic carbocycles. The topological polar surface area (TPSA) is 269 Å². The van der Waals surface area contributed by atoms with Crippen molar-refractivity contribution in [1.82, 2.24) is 0 Å². The van der Waals surface area contributed by atoms with Gasteiger partial charge in [-0.2, -0.15) is 0 Å². The Balaban J connectivity index is 1.63. The molecule has 0 unspecified atom stereocenters. The normalized spacial score (nSPS) is 51.0. The summed E-state index contributed by atoms with van der Waals surface area (Å²) in [4.78, 5) is 0. The average molecular weight is 518 g/mol.